The van der Waals surface area contributed by atoms with Crippen molar-refractivity contribution in [3.8, 4) is 0 Å². The summed E-state index contributed by atoms with van der Waals surface area (Å²) < 4.78 is 4.79. The van der Waals surface area contributed by atoms with Gasteiger partial charge >= 0.3 is 5.97 Å². The van der Waals surface area contributed by atoms with E-state index in [1.165, 1.54) is 30.2 Å². The van der Waals surface area contributed by atoms with Crippen molar-refractivity contribution in [2.75, 3.05) is 25.5 Å². The van der Waals surface area contributed by atoms with Gasteiger partial charge in [-0.25, -0.2) is 4.79 Å². The maximum atomic E-state index is 12.3. The van der Waals surface area contributed by atoms with Crippen LogP contribution in [0, 0.1) is 13.8 Å². The van der Waals surface area contributed by atoms with E-state index in [0.717, 1.165) is 10.4 Å². The first kappa shape index (κ1) is 17.0. The number of hydrogen-bond donors (Lipinski definition) is 1. The summed E-state index contributed by atoms with van der Waals surface area (Å²) in [5.74, 6) is -0.847. The molecule has 9 heteroatoms. The predicted molar refractivity (Wildman–Crippen MR) is 93.8 cm³/mol. The monoisotopic (exact) mass is 367 g/mol. The van der Waals surface area contributed by atoms with Gasteiger partial charge in [-0.2, -0.15) is 0 Å². The van der Waals surface area contributed by atoms with Crippen LogP contribution in [0.1, 0.15) is 27.2 Å². The normalized spacial score (nSPS) is 19.3. The van der Waals surface area contributed by atoms with Crippen LogP contribution in [0.25, 0.3) is 0 Å². The molecule has 128 valence electrons. The number of nitrogens with zero attached hydrogens (tertiary/aromatic N) is 2. The summed E-state index contributed by atoms with van der Waals surface area (Å²) in [7, 11) is 1.31. The van der Waals surface area contributed by atoms with Gasteiger partial charge in [0.1, 0.15) is 10.3 Å². The molecule has 1 fully saturated rings. The molecule has 0 spiro atoms. The van der Waals surface area contributed by atoms with Gasteiger partial charge < -0.3 is 10.1 Å². The predicted octanol–water partition coefficient (Wildman–Crippen LogP) is 1.79. The largest absolute Gasteiger partial charge is 0.465 e. The number of thioether (sulfide) groups is 1. The molecule has 2 aliphatic heterocycles. The van der Waals surface area contributed by atoms with Gasteiger partial charge in [-0.05, 0) is 19.4 Å². The Morgan fingerprint density at radius 1 is 1.42 bits per heavy atom. The number of carbonyl (C=O) groups excluding carboxylic acids is 3. The molecule has 1 atom stereocenters. The number of aryl methyl sites for hydroxylation is 1. The van der Waals surface area contributed by atoms with E-state index in [0.29, 0.717) is 28.8 Å². The highest BCUT2D eigenvalue weighted by Gasteiger charge is 2.40. The Labute approximate surface area is 147 Å². The lowest BCUT2D eigenvalue weighted by Gasteiger charge is -2.10. The third-order valence-corrected chi connectivity index (χ3v) is 6.33. The summed E-state index contributed by atoms with van der Waals surface area (Å²) in [6.45, 7) is 4.92. The summed E-state index contributed by atoms with van der Waals surface area (Å²) in [4.78, 5) is 43.3. The van der Waals surface area contributed by atoms with Gasteiger partial charge in [-0.15, -0.1) is 11.3 Å². The lowest BCUT2D eigenvalue weighted by Crippen LogP contribution is -2.32. The first-order valence-corrected chi connectivity index (χ1v) is 9.12. The number of anilines is 1. The number of hydrogen-bond acceptors (Lipinski definition) is 7. The Morgan fingerprint density at radius 3 is 2.83 bits per heavy atom. The van der Waals surface area contributed by atoms with E-state index in [1.807, 2.05) is 13.8 Å². The first-order chi connectivity index (χ1) is 11.4. The summed E-state index contributed by atoms with van der Waals surface area (Å²) >= 11 is 2.66. The van der Waals surface area contributed by atoms with Crippen molar-refractivity contribution in [1.82, 2.24) is 4.90 Å². The second-order valence-electron chi connectivity index (χ2n) is 5.49. The van der Waals surface area contributed by atoms with E-state index in [2.05, 4.69) is 10.3 Å². The highest BCUT2D eigenvalue weighted by molar-refractivity contribution is 8.15. The molecule has 3 rings (SSSR count). The summed E-state index contributed by atoms with van der Waals surface area (Å²) in [5.41, 5.74) is 1.17. The number of thiophene rings is 1. The van der Waals surface area contributed by atoms with E-state index in [4.69, 9.17) is 4.74 Å². The highest BCUT2D eigenvalue weighted by atomic mass is 32.2. The van der Waals surface area contributed by atoms with Crippen molar-refractivity contribution in [2.24, 2.45) is 4.99 Å². The fourth-order valence-corrected chi connectivity index (χ4v) is 4.88. The van der Waals surface area contributed by atoms with Crippen LogP contribution in [0.15, 0.2) is 4.99 Å². The standard InChI is InChI=1S/C15H17N3O4S2/c1-7-8(2)23-12(11(7)14(21)22-3)17-10(19)6-9-13(20)18-5-4-16-15(18)24-9/h9H,4-6H2,1-3H3,(H,17,19)/t9-/m0/s1. The van der Waals surface area contributed by atoms with Gasteiger partial charge in [0, 0.05) is 17.8 Å². The molecule has 2 aliphatic rings. The van der Waals surface area contributed by atoms with Crippen molar-refractivity contribution in [3.05, 3.63) is 16.0 Å². The van der Waals surface area contributed by atoms with E-state index >= 15 is 0 Å². The molecule has 1 aromatic heterocycles. The van der Waals surface area contributed by atoms with Crippen molar-refractivity contribution >= 4 is 51.1 Å². The Hall–Kier alpha value is -1.87. The molecule has 0 unspecified atom stereocenters. The zero-order valence-electron chi connectivity index (χ0n) is 13.5. The number of amides is 2. The van der Waals surface area contributed by atoms with Gasteiger partial charge in [-0.3, -0.25) is 19.5 Å². The van der Waals surface area contributed by atoms with E-state index < -0.39 is 11.2 Å². The van der Waals surface area contributed by atoms with E-state index in [-0.39, 0.29) is 18.2 Å². The fraction of sp³-hybridized carbons (Fsp3) is 0.467. The Bertz CT molecular complexity index is 756. The van der Waals surface area contributed by atoms with Crippen LogP contribution < -0.4 is 5.32 Å². The van der Waals surface area contributed by atoms with Gasteiger partial charge in [-0.1, -0.05) is 11.8 Å². The third-order valence-electron chi connectivity index (χ3n) is 3.99. The lowest BCUT2D eigenvalue weighted by molar-refractivity contribution is -0.127. The van der Waals surface area contributed by atoms with Crippen LogP contribution >= 0.6 is 23.1 Å². The molecule has 1 saturated heterocycles. The maximum Gasteiger partial charge on any atom is 0.341 e. The summed E-state index contributed by atoms with van der Waals surface area (Å²) in [6, 6.07) is 0. The number of carbonyl (C=O) groups is 3. The fourth-order valence-electron chi connectivity index (χ4n) is 2.62. The number of methoxy groups -OCH3 is 1. The molecular formula is C15H17N3O4S2. The molecule has 3 heterocycles. The van der Waals surface area contributed by atoms with Crippen LogP contribution in [0.2, 0.25) is 0 Å². The zero-order valence-corrected chi connectivity index (χ0v) is 15.2. The van der Waals surface area contributed by atoms with Crippen LogP contribution in [0.3, 0.4) is 0 Å². The summed E-state index contributed by atoms with van der Waals surface area (Å²) in [5, 5.41) is 3.48. The van der Waals surface area contributed by atoms with Crippen molar-refractivity contribution < 1.29 is 19.1 Å². The second kappa shape index (κ2) is 6.56. The van der Waals surface area contributed by atoms with Crippen LogP contribution in [-0.2, 0) is 14.3 Å². The average Bonchev–Trinajstić information content (AvgIpc) is 3.18. The Morgan fingerprint density at radius 2 is 2.17 bits per heavy atom. The SMILES string of the molecule is COC(=O)c1c(NC(=O)C[C@@H]2SC3=NCCN3C2=O)sc(C)c1C. The van der Waals surface area contributed by atoms with Crippen LogP contribution in [-0.4, -0.2) is 53.3 Å². The van der Waals surface area contributed by atoms with Gasteiger partial charge in [0.2, 0.25) is 11.8 Å². The van der Waals surface area contributed by atoms with E-state index in [1.54, 1.807) is 4.90 Å². The smallest absolute Gasteiger partial charge is 0.341 e. The maximum absolute atomic E-state index is 12.3. The molecule has 2 amide bonds. The van der Waals surface area contributed by atoms with E-state index in [9.17, 15) is 14.4 Å². The molecule has 1 aromatic rings. The minimum atomic E-state index is -0.478. The minimum absolute atomic E-state index is 0.0512. The molecule has 1 N–H and O–H groups in total. The van der Waals surface area contributed by atoms with Crippen LogP contribution in [0.5, 0.6) is 0 Å². The number of fused-ring (bicyclic) bond motifs is 1. The average molecular weight is 367 g/mol. The first-order valence-electron chi connectivity index (χ1n) is 7.43. The quantitative estimate of drug-likeness (QED) is 0.820. The van der Waals surface area contributed by atoms with Crippen LogP contribution in [0.4, 0.5) is 5.00 Å². The number of aliphatic imine (C=N–C) groups is 1. The van der Waals surface area contributed by atoms with Gasteiger partial charge in [0.15, 0.2) is 5.17 Å². The van der Waals surface area contributed by atoms with Gasteiger partial charge in [0.05, 0.1) is 19.2 Å². The molecule has 0 aromatic carbocycles. The topological polar surface area (TPSA) is 88.1 Å². The third kappa shape index (κ3) is 2.93. The Kier molecular flexibility index (Phi) is 4.64. The molecule has 0 saturated carbocycles. The van der Waals surface area contributed by atoms with Crippen molar-refractivity contribution in [2.45, 2.75) is 25.5 Å². The number of esters is 1. The number of nitrogens with one attached hydrogen (secondary N) is 1. The molecule has 7 nitrogen and oxygen atoms in total. The number of amidine groups is 1. The lowest BCUT2D eigenvalue weighted by atomic mass is 10.1. The molecule has 0 bridgehead atoms. The van der Waals surface area contributed by atoms with Gasteiger partial charge in [0.25, 0.3) is 0 Å². The molecule has 24 heavy (non-hydrogen) atoms. The van der Waals surface area contributed by atoms with Crippen molar-refractivity contribution in [3.63, 3.8) is 0 Å². The number of rotatable bonds is 4. The van der Waals surface area contributed by atoms with Crippen molar-refractivity contribution in [1.29, 1.82) is 0 Å². The molecule has 0 aliphatic carbocycles. The number of ether oxygens (including phenoxy) is 1. The second-order valence-corrected chi connectivity index (χ2v) is 7.89. The molecule has 0 radical (unpaired) electrons. The Balaban J connectivity index is 1.71. The minimum Gasteiger partial charge on any atom is -0.465 e. The molecular weight excluding hydrogens is 350 g/mol. The summed E-state index contributed by atoms with van der Waals surface area (Å²) in [6.07, 6.45) is 0.0512. The highest BCUT2D eigenvalue weighted by Crippen LogP contribution is 2.35. The zero-order chi connectivity index (χ0) is 17.4.